The van der Waals surface area contributed by atoms with Gasteiger partial charge in [0.05, 0.1) is 16.2 Å². The fourth-order valence-corrected chi connectivity index (χ4v) is 5.25. The van der Waals surface area contributed by atoms with Crippen molar-refractivity contribution in [2.75, 3.05) is 19.7 Å². The van der Waals surface area contributed by atoms with Crippen LogP contribution in [0.25, 0.3) is 0 Å². The minimum absolute atomic E-state index is 0.0586. The summed E-state index contributed by atoms with van der Waals surface area (Å²) in [6, 6.07) is 12.9. The van der Waals surface area contributed by atoms with E-state index < -0.39 is 18.2 Å². The second-order valence-electron chi connectivity index (χ2n) is 9.49. The average Bonchev–Trinajstić information content (AvgIpc) is 2.85. The molecular formula is C28H32FIN2O5. The molecule has 2 aliphatic carbocycles. The highest BCUT2D eigenvalue weighted by Crippen LogP contribution is 2.34. The zero-order valence-electron chi connectivity index (χ0n) is 20.5. The molecule has 0 radical (unpaired) electrons. The Morgan fingerprint density at radius 1 is 1.16 bits per heavy atom. The van der Waals surface area contributed by atoms with Crippen molar-refractivity contribution in [2.45, 2.75) is 50.4 Å². The number of para-hydroxylation sites is 1. The number of amides is 2. The van der Waals surface area contributed by atoms with E-state index in [2.05, 4.69) is 27.9 Å². The van der Waals surface area contributed by atoms with Crippen LogP contribution in [0.15, 0.2) is 60.2 Å². The summed E-state index contributed by atoms with van der Waals surface area (Å²) in [5.41, 5.74) is 1.14. The molecule has 0 aliphatic heterocycles. The van der Waals surface area contributed by atoms with Gasteiger partial charge in [0.2, 0.25) is 11.8 Å². The first-order valence-electron chi connectivity index (χ1n) is 12.6. The van der Waals surface area contributed by atoms with Gasteiger partial charge >= 0.3 is 0 Å². The molecule has 1 saturated carbocycles. The van der Waals surface area contributed by atoms with Crippen LogP contribution in [0.3, 0.4) is 0 Å². The Kier molecular flexibility index (Phi) is 9.55. The Morgan fingerprint density at radius 2 is 1.95 bits per heavy atom. The van der Waals surface area contributed by atoms with E-state index in [0.717, 1.165) is 28.4 Å². The maximum atomic E-state index is 13.8. The number of rotatable bonds is 10. The van der Waals surface area contributed by atoms with Crippen LogP contribution in [-0.4, -0.2) is 64.9 Å². The molecule has 7 nitrogen and oxygen atoms in total. The topological polar surface area (TPSA) is 99.1 Å². The summed E-state index contributed by atoms with van der Waals surface area (Å²) in [6.45, 7) is 0.171. The second kappa shape index (κ2) is 12.8. The summed E-state index contributed by atoms with van der Waals surface area (Å²) in [4.78, 5) is 28.1. The van der Waals surface area contributed by atoms with Crippen molar-refractivity contribution in [1.82, 2.24) is 10.2 Å². The van der Waals surface area contributed by atoms with E-state index in [1.165, 1.54) is 12.1 Å². The van der Waals surface area contributed by atoms with Gasteiger partial charge in [0.15, 0.2) is 0 Å². The first kappa shape index (κ1) is 27.5. The first-order valence-corrected chi connectivity index (χ1v) is 13.7. The minimum atomic E-state index is -1.08. The lowest BCUT2D eigenvalue weighted by Gasteiger charge is -2.43. The van der Waals surface area contributed by atoms with Crippen LogP contribution in [0.4, 0.5) is 4.39 Å². The Balaban J connectivity index is 1.63. The van der Waals surface area contributed by atoms with Crippen molar-refractivity contribution in [3.05, 3.63) is 75.1 Å². The molecule has 0 saturated heterocycles. The third-order valence-corrected chi connectivity index (χ3v) is 7.87. The first-order chi connectivity index (χ1) is 17.9. The SMILES string of the molecule is O=C(NCCO)C1=CC(Oc2ccccc2I)C(O)C(N(CCc2cccc(F)c2)C(=O)C2CCC2)C1. The summed E-state index contributed by atoms with van der Waals surface area (Å²) in [6.07, 6.45) is 2.78. The number of carbonyl (C=O) groups excluding carboxylic acids is 2. The minimum Gasteiger partial charge on any atom is -0.482 e. The molecule has 3 unspecified atom stereocenters. The van der Waals surface area contributed by atoms with Crippen molar-refractivity contribution < 1.29 is 28.9 Å². The van der Waals surface area contributed by atoms with Gasteiger partial charge in [-0.15, -0.1) is 0 Å². The highest BCUT2D eigenvalue weighted by atomic mass is 127. The normalized spacial score (nSPS) is 21.5. The summed E-state index contributed by atoms with van der Waals surface area (Å²) >= 11 is 2.14. The Hall–Kier alpha value is -2.50. The van der Waals surface area contributed by atoms with Gasteiger partial charge in [-0.05, 0) is 77.8 Å². The van der Waals surface area contributed by atoms with Crippen LogP contribution in [0.5, 0.6) is 5.75 Å². The number of carbonyl (C=O) groups is 2. The molecule has 0 bridgehead atoms. The van der Waals surface area contributed by atoms with Crippen molar-refractivity contribution >= 4 is 34.4 Å². The molecule has 0 aromatic heterocycles. The summed E-state index contributed by atoms with van der Waals surface area (Å²) in [5.74, 6) is -0.327. The fourth-order valence-electron chi connectivity index (χ4n) is 4.74. The molecule has 2 aromatic carbocycles. The van der Waals surface area contributed by atoms with Crippen LogP contribution >= 0.6 is 22.6 Å². The molecule has 4 rings (SSSR count). The van der Waals surface area contributed by atoms with Gasteiger partial charge in [-0.2, -0.15) is 0 Å². The molecule has 37 heavy (non-hydrogen) atoms. The standard InChI is InChI=1S/C28H32FIN2O5/c29-21-8-3-5-18(15-21)11-13-32(28(36)19-6-4-7-19)23-16-20(27(35)31-12-14-33)17-25(26(23)34)37-24-10-2-1-9-22(24)30/h1-3,5,8-10,15,17,19,23,25-26,33-34H,4,6-7,11-14,16H2,(H,31,35). The number of aliphatic hydroxyl groups is 2. The number of ether oxygens (including phenoxy) is 1. The van der Waals surface area contributed by atoms with Crippen molar-refractivity contribution in [3.63, 3.8) is 0 Å². The van der Waals surface area contributed by atoms with Crippen molar-refractivity contribution in [3.8, 4) is 5.75 Å². The number of halogens is 2. The average molecular weight is 622 g/mol. The van der Waals surface area contributed by atoms with Crippen molar-refractivity contribution in [1.29, 1.82) is 0 Å². The summed E-state index contributed by atoms with van der Waals surface area (Å²) in [5, 5.41) is 23.3. The van der Waals surface area contributed by atoms with E-state index in [1.54, 1.807) is 23.1 Å². The molecular weight excluding hydrogens is 590 g/mol. The predicted octanol–water partition coefficient (Wildman–Crippen LogP) is 3.22. The number of nitrogens with zero attached hydrogens (tertiary/aromatic N) is 1. The van der Waals surface area contributed by atoms with Crippen LogP contribution < -0.4 is 10.1 Å². The highest BCUT2D eigenvalue weighted by molar-refractivity contribution is 14.1. The quantitative estimate of drug-likeness (QED) is 0.354. The highest BCUT2D eigenvalue weighted by Gasteiger charge is 2.42. The third kappa shape index (κ3) is 6.88. The molecule has 2 aromatic rings. The second-order valence-corrected chi connectivity index (χ2v) is 10.6. The Bertz CT molecular complexity index is 1140. The van der Waals surface area contributed by atoms with E-state index in [-0.39, 0.29) is 49.7 Å². The Labute approximate surface area is 229 Å². The van der Waals surface area contributed by atoms with E-state index in [1.807, 2.05) is 24.3 Å². The Morgan fingerprint density at radius 3 is 2.62 bits per heavy atom. The van der Waals surface area contributed by atoms with Gasteiger partial charge in [-0.1, -0.05) is 30.7 Å². The van der Waals surface area contributed by atoms with Crippen LogP contribution in [0.1, 0.15) is 31.2 Å². The van der Waals surface area contributed by atoms with Gasteiger partial charge in [0.25, 0.3) is 0 Å². The predicted molar refractivity (Wildman–Crippen MR) is 145 cm³/mol. The maximum Gasteiger partial charge on any atom is 0.247 e. The van der Waals surface area contributed by atoms with Crippen molar-refractivity contribution in [2.24, 2.45) is 5.92 Å². The third-order valence-electron chi connectivity index (χ3n) is 6.98. The molecule has 2 aliphatic rings. The van der Waals surface area contributed by atoms with Gasteiger partial charge in [0, 0.05) is 31.0 Å². The zero-order chi connectivity index (χ0) is 26.4. The number of hydrogen-bond donors (Lipinski definition) is 3. The maximum absolute atomic E-state index is 13.8. The summed E-state index contributed by atoms with van der Waals surface area (Å²) < 4.78 is 20.8. The van der Waals surface area contributed by atoms with Gasteiger partial charge in [-0.25, -0.2) is 4.39 Å². The van der Waals surface area contributed by atoms with E-state index in [0.29, 0.717) is 17.7 Å². The largest absolute Gasteiger partial charge is 0.482 e. The fraction of sp³-hybridized carbons (Fsp3) is 0.429. The van der Waals surface area contributed by atoms with Crippen LogP contribution in [-0.2, 0) is 16.0 Å². The molecule has 3 N–H and O–H groups in total. The molecule has 2 amide bonds. The van der Waals surface area contributed by atoms with E-state index in [4.69, 9.17) is 9.84 Å². The van der Waals surface area contributed by atoms with E-state index >= 15 is 0 Å². The smallest absolute Gasteiger partial charge is 0.247 e. The number of aliphatic hydroxyl groups excluding tert-OH is 2. The van der Waals surface area contributed by atoms with Crippen LogP contribution in [0, 0.1) is 15.3 Å². The molecule has 1 fully saturated rings. The van der Waals surface area contributed by atoms with Gasteiger partial charge < -0.3 is 25.2 Å². The van der Waals surface area contributed by atoms with Crippen LogP contribution in [0.2, 0.25) is 0 Å². The molecule has 9 heteroatoms. The molecule has 198 valence electrons. The molecule has 3 atom stereocenters. The lowest BCUT2D eigenvalue weighted by atomic mass is 9.82. The molecule has 0 spiro atoms. The lowest BCUT2D eigenvalue weighted by molar-refractivity contribution is -0.145. The zero-order valence-corrected chi connectivity index (χ0v) is 22.6. The number of hydrogen-bond acceptors (Lipinski definition) is 5. The number of benzene rings is 2. The van der Waals surface area contributed by atoms with Gasteiger partial charge in [0.1, 0.15) is 23.8 Å². The number of nitrogens with one attached hydrogen (secondary N) is 1. The van der Waals surface area contributed by atoms with Gasteiger partial charge in [-0.3, -0.25) is 9.59 Å². The lowest BCUT2D eigenvalue weighted by Crippen LogP contribution is -2.57. The monoisotopic (exact) mass is 622 g/mol. The molecule has 0 heterocycles. The summed E-state index contributed by atoms with van der Waals surface area (Å²) in [7, 11) is 0. The van der Waals surface area contributed by atoms with E-state index in [9.17, 15) is 19.1 Å².